The lowest BCUT2D eigenvalue weighted by Crippen LogP contribution is -2.26. The van der Waals surface area contributed by atoms with E-state index in [-0.39, 0.29) is 17.2 Å². The van der Waals surface area contributed by atoms with Gasteiger partial charge in [0.2, 0.25) is 5.95 Å². The van der Waals surface area contributed by atoms with Crippen LogP contribution in [0.1, 0.15) is 67.8 Å². The Labute approximate surface area is 218 Å². The van der Waals surface area contributed by atoms with Gasteiger partial charge in [-0.25, -0.2) is 9.97 Å². The second-order valence-corrected chi connectivity index (χ2v) is 9.89. The minimum absolute atomic E-state index is 0.00392. The van der Waals surface area contributed by atoms with Crippen LogP contribution < -0.4 is 15.4 Å². The SMILES string of the molecule is O=C(NCCCCN1CCCC1)c1ccc(Nc2ncc3ncn(C4CCCC4)c3n2)c(OC(F)(F)F)c1. The van der Waals surface area contributed by atoms with Crippen LogP contribution in [0.5, 0.6) is 5.75 Å². The number of carbonyl (C=O) groups excluding carboxylic acids is 1. The molecule has 0 radical (unpaired) electrons. The van der Waals surface area contributed by atoms with Crippen LogP contribution in [0.4, 0.5) is 24.8 Å². The third-order valence-electron chi connectivity index (χ3n) is 7.14. The number of alkyl halides is 3. The molecule has 1 amide bonds. The van der Waals surface area contributed by atoms with E-state index >= 15 is 0 Å². The van der Waals surface area contributed by atoms with Crippen molar-refractivity contribution in [2.24, 2.45) is 0 Å². The Morgan fingerprint density at radius 2 is 1.87 bits per heavy atom. The molecule has 9 nitrogen and oxygen atoms in total. The number of carbonyl (C=O) groups is 1. The van der Waals surface area contributed by atoms with Crippen molar-refractivity contribution >= 4 is 28.7 Å². The number of nitrogens with one attached hydrogen (secondary N) is 2. The predicted molar refractivity (Wildman–Crippen MR) is 136 cm³/mol. The number of halogens is 3. The van der Waals surface area contributed by atoms with Gasteiger partial charge in [-0.15, -0.1) is 13.2 Å². The summed E-state index contributed by atoms with van der Waals surface area (Å²) < 4.78 is 45.9. The van der Waals surface area contributed by atoms with Crippen LogP contribution in [0, 0.1) is 0 Å². The van der Waals surface area contributed by atoms with Crippen molar-refractivity contribution in [2.45, 2.75) is 63.8 Å². The molecule has 3 aromatic rings. The number of likely N-dealkylation sites (tertiary alicyclic amines) is 1. The number of imidazole rings is 1. The first kappa shape index (κ1) is 26.2. The molecule has 0 unspecified atom stereocenters. The van der Waals surface area contributed by atoms with Crippen LogP contribution in [0.2, 0.25) is 0 Å². The third kappa shape index (κ3) is 6.53. The standard InChI is InChI=1S/C26H32F3N7O2/c27-26(28,29)38-22-15-18(24(37)30-11-3-4-12-35-13-5-6-14-35)9-10-20(22)33-25-31-16-21-23(34-25)36(17-32-21)19-7-1-2-8-19/h9-10,15-17,19H,1-8,11-14H2,(H,30,37)(H,31,33,34). The Hall–Kier alpha value is -3.41. The van der Waals surface area contributed by atoms with Crippen LogP contribution in [-0.4, -0.2) is 62.9 Å². The van der Waals surface area contributed by atoms with E-state index in [1.54, 1.807) is 6.33 Å². The van der Waals surface area contributed by atoms with Crippen LogP contribution in [-0.2, 0) is 0 Å². The molecule has 1 saturated heterocycles. The van der Waals surface area contributed by atoms with Crippen molar-refractivity contribution in [3.05, 3.63) is 36.3 Å². The number of unbranched alkanes of at least 4 members (excludes halogenated alkanes) is 1. The molecule has 1 aromatic carbocycles. The Morgan fingerprint density at radius 3 is 2.63 bits per heavy atom. The van der Waals surface area contributed by atoms with Crippen molar-refractivity contribution in [1.82, 2.24) is 29.7 Å². The van der Waals surface area contributed by atoms with Gasteiger partial charge in [0, 0.05) is 18.2 Å². The second kappa shape index (κ2) is 11.5. The molecule has 1 aliphatic carbocycles. The van der Waals surface area contributed by atoms with E-state index in [1.165, 1.54) is 31.2 Å². The van der Waals surface area contributed by atoms with Crippen LogP contribution in [0.25, 0.3) is 11.2 Å². The number of benzene rings is 1. The number of amides is 1. The summed E-state index contributed by atoms with van der Waals surface area (Å²) in [6.07, 6.45) is 6.88. The fourth-order valence-corrected chi connectivity index (χ4v) is 5.20. The van der Waals surface area contributed by atoms with Crippen molar-refractivity contribution in [2.75, 3.05) is 31.5 Å². The predicted octanol–water partition coefficient (Wildman–Crippen LogP) is 5.19. The normalized spacial score (nSPS) is 16.8. The fourth-order valence-electron chi connectivity index (χ4n) is 5.20. The first-order chi connectivity index (χ1) is 18.4. The Bertz CT molecular complexity index is 1250. The van der Waals surface area contributed by atoms with Crippen molar-refractivity contribution in [1.29, 1.82) is 0 Å². The highest BCUT2D eigenvalue weighted by atomic mass is 19.4. The lowest BCUT2D eigenvalue weighted by molar-refractivity contribution is -0.274. The largest absolute Gasteiger partial charge is 0.573 e. The zero-order chi connectivity index (χ0) is 26.5. The fraction of sp³-hybridized carbons (Fsp3) is 0.538. The maximum absolute atomic E-state index is 13.2. The van der Waals surface area contributed by atoms with Crippen molar-refractivity contribution in [3.63, 3.8) is 0 Å². The number of fused-ring (bicyclic) bond motifs is 1. The van der Waals surface area contributed by atoms with E-state index in [1.807, 2.05) is 4.57 Å². The topological polar surface area (TPSA) is 97.2 Å². The van der Waals surface area contributed by atoms with Gasteiger partial charge in [0.1, 0.15) is 5.52 Å². The van der Waals surface area contributed by atoms with E-state index in [0.29, 0.717) is 23.8 Å². The summed E-state index contributed by atoms with van der Waals surface area (Å²) in [6, 6.07) is 4.19. The minimum atomic E-state index is -4.94. The van der Waals surface area contributed by atoms with E-state index in [4.69, 9.17) is 0 Å². The Morgan fingerprint density at radius 1 is 1.08 bits per heavy atom. The van der Waals surface area contributed by atoms with Gasteiger partial charge in [-0.05, 0) is 76.4 Å². The van der Waals surface area contributed by atoms with Crippen LogP contribution >= 0.6 is 0 Å². The quantitative estimate of drug-likeness (QED) is 0.348. The number of rotatable bonds is 10. The summed E-state index contributed by atoms with van der Waals surface area (Å²) >= 11 is 0. The lowest BCUT2D eigenvalue weighted by atomic mass is 10.1. The lowest BCUT2D eigenvalue weighted by Gasteiger charge is -2.16. The third-order valence-corrected chi connectivity index (χ3v) is 7.14. The zero-order valence-corrected chi connectivity index (χ0v) is 21.1. The summed E-state index contributed by atoms with van der Waals surface area (Å²) in [5.41, 5.74) is 1.30. The summed E-state index contributed by atoms with van der Waals surface area (Å²) in [5.74, 6) is -0.880. The molecule has 0 spiro atoms. The summed E-state index contributed by atoms with van der Waals surface area (Å²) in [4.78, 5) is 28.1. The molecule has 2 aliphatic rings. The molecular weight excluding hydrogens is 499 g/mol. The van der Waals surface area contributed by atoms with E-state index < -0.39 is 18.0 Å². The zero-order valence-electron chi connectivity index (χ0n) is 21.1. The number of aromatic nitrogens is 4. The van der Waals surface area contributed by atoms with Gasteiger partial charge < -0.3 is 24.8 Å². The van der Waals surface area contributed by atoms with Crippen LogP contribution in [0.3, 0.4) is 0 Å². The molecule has 12 heteroatoms. The van der Waals surface area contributed by atoms with Gasteiger partial charge in [-0.3, -0.25) is 4.79 Å². The molecule has 1 aliphatic heterocycles. The van der Waals surface area contributed by atoms with Gasteiger partial charge in [-0.2, -0.15) is 4.98 Å². The molecule has 2 aromatic heterocycles. The molecule has 0 bridgehead atoms. The molecule has 5 rings (SSSR count). The van der Waals surface area contributed by atoms with Gasteiger partial charge in [0.15, 0.2) is 11.4 Å². The maximum atomic E-state index is 13.2. The molecule has 38 heavy (non-hydrogen) atoms. The van der Waals surface area contributed by atoms with Gasteiger partial charge >= 0.3 is 6.36 Å². The van der Waals surface area contributed by atoms with Crippen molar-refractivity contribution in [3.8, 4) is 5.75 Å². The smallest absolute Gasteiger partial charge is 0.404 e. The average Bonchev–Trinajstić information content (AvgIpc) is 3.65. The second-order valence-electron chi connectivity index (χ2n) is 9.89. The number of hydrogen-bond acceptors (Lipinski definition) is 7. The molecule has 2 fully saturated rings. The Kier molecular flexibility index (Phi) is 7.96. The molecule has 2 N–H and O–H groups in total. The summed E-state index contributed by atoms with van der Waals surface area (Å²) in [5, 5.41) is 5.61. The highest BCUT2D eigenvalue weighted by molar-refractivity contribution is 5.95. The van der Waals surface area contributed by atoms with E-state index in [2.05, 4.69) is 35.2 Å². The number of hydrogen-bond donors (Lipinski definition) is 2. The van der Waals surface area contributed by atoms with Gasteiger partial charge in [-0.1, -0.05) is 12.8 Å². The highest BCUT2D eigenvalue weighted by Gasteiger charge is 2.33. The molecule has 204 valence electrons. The first-order valence-corrected chi connectivity index (χ1v) is 13.2. The number of anilines is 2. The van der Waals surface area contributed by atoms with Crippen LogP contribution in [0.15, 0.2) is 30.7 Å². The number of ether oxygens (including phenoxy) is 1. The molecule has 1 saturated carbocycles. The summed E-state index contributed by atoms with van der Waals surface area (Å²) in [6.45, 7) is 3.69. The maximum Gasteiger partial charge on any atom is 0.573 e. The van der Waals surface area contributed by atoms with Gasteiger partial charge in [0.05, 0.1) is 18.2 Å². The highest BCUT2D eigenvalue weighted by Crippen LogP contribution is 2.34. The first-order valence-electron chi connectivity index (χ1n) is 13.2. The van der Waals surface area contributed by atoms with Crippen molar-refractivity contribution < 1.29 is 22.7 Å². The minimum Gasteiger partial charge on any atom is -0.404 e. The monoisotopic (exact) mass is 531 g/mol. The average molecular weight is 532 g/mol. The van der Waals surface area contributed by atoms with E-state index in [9.17, 15) is 18.0 Å². The van der Waals surface area contributed by atoms with E-state index in [0.717, 1.165) is 64.2 Å². The van der Waals surface area contributed by atoms with Gasteiger partial charge in [0.25, 0.3) is 5.91 Å². The number of nitrogens with zero attached hydrogens (tertiary/aromatic N) is 5. The molecule has 3 heterocycles. The molecule has 0 atom stereocenters. The summed E-state index contributed by atoms with van der Waals surface area (Å²) in [7, 11) is 0. The Balaban J connectivity index is 1.27. The molecular formula is C26H32F3N7O2.